The van der Waals surface area contributed by atoms with Gasteiger partial charge in [0.2, 0.25) is 9.84 Å². The predicted molar refractivity (Wildman–Crippen MR) is 102 cm³/mol. The molecule has 0 atom stereocenters. The largest absolute Gasteiger partial charge is 0.345 e. The highest BCUT2D eigenvalue weighted by atomic mass is 79.9. The topological polar surface area (TPSA) is 75.7 Å². The van der Waals surface area contributed by atoms with Crippen LogP contribution in [0.2, 0.25) is 0 Å². The molecule has 0 bridgehead atoms. The number of nitrogens with one attached hydrogen (secondary N) is 1. The molecule has 0 aliphatic heterocycles. The van der Waals surface area contributed by atoms with Gasteiger partial charge >= 0.3 is 0 Å². The van der Waals surface area contributed by atoms with Gasteiger partial charge in [-0.3, -0.25) is 0 Å². The molecule has 4 rings (SSSR count). The number of pyridine rings is 1. The molecule has 4 aromatic rings. The second-order valence-corrected chi connectivity index (χ2v) is 9.15. The average Bonchev–Trinajstić information content (AvgIpc) is 3.23. The van der Waals surface area contributed by atoms with Gasteiger partial charge < -0.3 is 4.98 Å². The molecule has 25 heavy (non-hydrogen) atoms. The van der Waals surface area contributed by atoms with E-state index in [0.717, 1.165) is 16.1 Å². The minimum atomic E-state index is -3.73. The zero-order valence-corrected chi connectivity index (χ0v) is 16.2. The highest BCUT2D eigenvalue weighted by molar-refractivity contribution is 9.10. The highest BCUT2D eigenvalue weighted by Gasteiger charge is 2.27. The van der Waals surface area contributed by atoms with Crippen molar-refractivity contribution in [1.29, 1.82) is 0 Å². The predicted octanol–water partition coefficient (Wildman–Crippen LogP) is 4.59. The maximum atomic E-state index is 13.3. The second kappa shape index (κ2) is 6.05. The summed E-state index contributed by atoms with van der Waals surface area (Å²) in [6.07, 6.45) is 4.95. The van der Waals surface area contributed by atoms with Crippen molar-refractivity contribution >= 4 is 48.1 Å². The van der Waals surface area contributed by atoms with Crippen molar-refractivity contribution in [2.75, 3.05) is 0 Å². The Hall–Kier alpha value is -2.03. The van der Waals surface area contributed by atoms with Gasteiger partial charge in [0.15, 0.2) is 0 Å². The molecule has 1 aromatic carbocycles. The zero-order chi connectivity index (χ0) is 17.6. The fraction of sp³-hybridized carbons (Fsp3) is 0.0588. The normalized spacial score (nSPS) is 11.9. The first kappa shape index (κ1) is 16.4. The van der Waals surface area contributed by atoms with E-state index < -0.39 is 9.84 Å². The molecule has 0 unspecified atom stereocenters. The number of aryl methyl sites for hydroxylation is 1. The first-order valence-corrected chi connectivity index (χ1v) is 10.5. The summed E-state index contributed by atoms with van der Waals surface area (Å²) >= 11 is 4.82. The lowest BCUT2D eigenvalue weighted by Crippen LogP contribution is -2.04. The molecule has 0 radical (unpaired) electrons. The molecule has 0 aliphatic rings. The molecule has 0 spiro atoms. The Kier molecular flexibility index (Phi) is 3.98. The van der Waals surface area contributed by atoms with Crippen molar-refractivity contribution in [2.24, 2.45) is 0 Å². The minimum absolute atomic E-state index is 0.202. The van der Waals surface area contributed by atoms with E-state index in [1.165, 1.54) is 17.5 Å². The van der Waals surface area contributed by atoms with Gasteiger partial charge in [-0.25, -0.2) is 18.4 Å². The molecule has 0 saturated carbocycles. The van der Waals surface area contributed by atoms with Crippen molar-refractivity contribution in [1.82, 2.24) is 15.0 Å². The van der Waals surface area contributed by atoms with Crippen LogP contribution >= 0.6 is 27.3 Å². The molecule has 0 aliphatic carbocycles. The Morgan fingerprint density at radius 2 is 1.92 bits per heavy atom. The van der Waals surface area contributed by atoms with E-state index >= 15 is 0 Å². The van der Waals surface area contributed by atoms with Gasteiger partial charge in [-0.1, -0.05) is 17.7 Å². The number of benzene rings is 1. The Labute approximate surface area is 156 Å². The summed E-state index contributed by atoms with van der Waals surface area (Å²) < 4.78 is 27.1. The molecular formula is C17H12BrN3O2S2. The van der Waals surface area contributed by atoms with Crippen LogP contribution in [0, 0.1) is 6.92 Å². The van der Waals surface area contributed by atoms with E-state index in [0.29, 0.717) is 15.5 Å². The number of thiazole rings is 1. The van der Waals surface area contributed by atoms with E-state index in [1.54, 1.807) is 36.7 Å². The van der Waals surface area contributed by atoms with Gasteiger partial charge in [-0.2, -0.15) is 0 Å². The number of halogens is 1. The molecule has 1 N–H and O–H groups in total. The van der Waals surface area contributed by atoms with E-state index in [9.17, 15) is 8.42 Å². The number of hydrogen-bond acceptors (Lipinski definition) is 5. The van der Waals surface area contributed by atoms with Crippen LogP contribution in [0.3, 0.4) is 0 Å². The molecule has 8 heteroatoms. The summed E-state index contributed by atoms with van der Waals surface area (Å²) in [6, 6.07) is 6.83. The zero-order valence-electron chi connectivity index (χ0n) is 13.0. The summed E-state index contributed by atoms with van der Waals surface area (Å²) in [5.74, 6) is 0. The number of hydrogen-bond donors (Lipinski definition) is 1. The number of aromatic nitrogens is 3. The van der Waals surface area contributed by atoms with Gasteiger partial charge in [0.1, 0.15) is 10.7 Å². The van der Waals surface area contributed by atoms with Crippen LogP contribution in [0.25, 0.3) is 21.6 Å². The number of aromatic amines is 1. The minimum Gasteiger partial charge on any atom is -0.345 e. The van der Waals surface area contributed by atoms with Crippen molar-refractivity contribution in [3.8, 4) is 10.6 Å². The van der Waals surface area contributed by atoms with E-state index in [-0.39, 0.29) is 9.79 Å². The van der Waals surface area contributed by atoms with Gasteiger partial charge in [0.05, 0.1) is 14.3 Å². The summed E-state index contributed by atoms with van der Waals surface area (Å²) in [7, 11) is -3.73. The van der Waals surface area contributed by atoms with E-state index in [1.807, 2.05) is 12.3 Å². The lowest BCUT2D eigenvalue weighted by Gasteiger charge is -2.09. The summed E-state index contributed by atoms with van der Waals surface area (Å²) in [5, 5.41) is 3.14. The monoisotopic (exact) mass is 433 g/mol. The van der Waals surface area contributed by atoms with Gasteiger partial charge in [-0.05, 0) is 35.0 Å². The van der Waals surface area contributed by atoms with Gasteiger partial charge in [-0.15, -0.1) is 11.3 Å². The van der Waals surface area contributed by atoms with Crippen LogP contribution in [-0.2, 0) is 9.84 Å². The quantitative estimate of drug-likeness (QED) is 0.512. The van der Waals surface area contributed by atoms with Crippen LogP contribution in [0.15, 0.2) is 62.5 Å². The number of rotatable bonds is 3. The Morgan fingerprint density at radius 1 is 1.16 bits per heavy atom. The third kappa shape index (κ3) is 2.70. The Balaban J connectivity index is 2.05. The molecule has 126 valence electrons. The third-order valence-electron chi connectivity index (χ3n) is 3.87. The van der Waals surface area contributed by atoms with Crippen molar-refractivity contribution < 1.29 is 8.42 Å². The van der Waals surface area contributed by atoms with Crippen LogP contribution in [-0.4, -0.2) is 23.4 Å². The Morgan fingerprint density at radius 3 is 2.60 bits per heavy atom. The molecule has 0 saturated heterocycles. The van der Waals surface area contributed by atoms with Crippen LogP contribution in [0.1, 0.15) is 5.56 Å². The first-order chi connectivity index (χ1) is 12.0. The van der Waals surface area contributed by atoms with Crippen molar-refractivity contribution in [3.05, 3.63) is 58.3 Å². The SMILES string of the molecule is Cc1ccc(S(=O)(=O)c2c(Br)cnc3[nH]cc(-c4nccs4)c23)cc1. The Bertz CT molecular complexity index is 1160. The number of nitrogens with zero attached hydrogens (tertiary/aromatic N) is 2. The third-order valence-corrected chi connectivity index (χ3v) is 7.40. The molecule has 3 heterocycles. The maximum Gasteiger partial charge on any atom is 0.208 e. The average molecular weight is 434 g/mol. The lowest BCUT2D eigenvalue weighted by molar-refractivity contribution is 0.596. The van der Waals surface area contributed by atoms with Gasteiger partial charge in [0, 0.05) is 34.9 Å². The maximum absolute atomic E-state index is 13.3. The van der Waals surface area contributed by atoms with E-state index in [2.05, 4.69) is 30.9 Å². The number of sulfone groups is 1. The number of H-pyrrole nitrogens is 1. The van der Waals surface area contributed by atoms with Crippen LogP contribution in [0.5, 0.6) is 0 Å². The van der Waals surface area contributed by atoms with E-state index in [4.69, 9.17) is 0 Å². The summed E-state index contributed by atoms with van der Waals surface area (Å²) in [4.78, 5) is 12.1. The van der Waals surface area contributed by atoms with Crippen molar-refractivity contribution in [3.63, 3.8) is 0 Å². The van der Waals surface area contributed by atoms with Crippen LogP contribution in [0.4, 0.5) is 0 Å². The standard InChI is InChI=1S/C17H12BrN3O2S2/c1-10-2-4-11(5-3-10)25(22,23)15-13(18)9-21-16-14(15)12(8-20-16)17-19-6-7-24-17/h2-9H,1H3,(H,20,21). The summed E-state index contributed by atoms with van der Waals surface area (Å²) in [6.45, 7) is 1.92. The molecular weight excluding hydrogens is 422 g/mol. The summed E-state index contributed by atoms with van der Waals surface area (Å²) in [5.41, 5.74) is 2.24. The fourth-order valence-corrected chi connectivity index (χ4v) is 5.78. The molecule has 0 fully saturated rings. The lowest BCUT2D eigenvalue weighted by atomic mass is 10.2. The van der Waals surface area contributed by atoms with Gasteiger partial charge in [0.25, 0.3) is 0 Å². The van der Waals surface area contributed by atoms with Crippen molar-refractivity contribution in [2.45, 2.75) is 16.7 Å². The molecule has 3 aromatic heterocycles. The molecule has 0 amide bonds. The highest BCUT2D eigenvalue weighted by Crippen LogP contribution is 2.39. The second-order valence-electron chi connectivity index (χ2n) is 5.51. The van der Waals surface area contributed by atoms with Crippen LogP contribution < -0.4 is 0 Å². The molecule has 5 nitrogen and oxygen atoms in total. The fourth-order valence-electron chi connectivity index (χ4n) is 2.67. The number of fused-ring (bicyclic) bond motifs is 1. The smallest absolute Gasteiger partial charge is 0.208 e. The first-order valence-electron chi connectivity index (χ1n) is 7.35.